The van der Waals surface area contributed by atoms with Crippen molar-refractivity contribution in [3.8, 4) is 5.75 Å². The van der Waals surface area contributed by atoms with Gasteiger partial charge in [0.15, 0.2) is 5.65 Å². The van der Waals surface area contributed by atoms with E-state index in [0.29, 0.717) is 18.1 Å². The van der Waals surface area contributed by atoms with Crippen LogP contribution in [0.5, 0.6) is 5.75 Å². The van der Waals surface area contributed by atoms with Crippen LogP contribution in [-0.4, -0.2) is 31.3 Å². The monoisotopic (exact) mass is 443 g/mol. The number of pyridine rings is 1. The third-order valence-corrected chi connectivity index (χ3v) is 7.56. The lowest BCUT2D eigenvalue weighted by Crippen LogP contribution is -2.27. The Morgan fingerprint density at radius 2 is 2.03 bits per heavy atom. The second-order valence-corrected chi connectivity index (χ2v) is 9.17. The van der Waals surface area contributed by atoms with Gasteiger partial charge in [-0.3, -0.25) is 9.55 Å². The summed E-state index contributed by atoms with van der Waals surface area (Å²) in [6, 6.07) is 13.9. The Balaban J connectivity index is 1.50. The lowest BCUT2D eigenvalue weighted by atomic mass is 9.85. The molecular weight excluding hydrogens is 422 g/mol. The lowest BCUT2D eigenvalue weighted by Gasteiger charge is -2.21. The summed E-state index contributed by atoms with van der Waals surface area (Å²) >= 11 is 1.71. The van der Waals surface area contributed by atoms with Gasteiger partial charge in [0.2, 0.25) is 0 Å². The van der Waals surface area contributed by atoms with E-state index >= 15 is 0 Å². The van der Waals surface area contributed by atoms with Gasteiger partial charge in [0.05, 0.1) is 19.0 Å². The number of fused-ring (bicyclic) bond motifs is 5. The van der Waals surface area contributed by atoms with Crippen LogP contribution in [0, 0.1) is 0 Å². The molecule has 0 N–H and O–H groups in total. The van der Waals surface area contributed by atoms with E-state index in [0.717, 1.165) is 46.5 Å². The van der Waals surface area contributed by atoms with Crippen molar-refractivity contribution in [3.05, 3.63) is 87.2 Å². The molecule has 32 heavy (non-hydrogen) atoms. The molecule has 6 rings (SSSR count). The normalized spacial score (nSPS) is 15.8. The van der Waals surface area contributed by atoms with E-state index in [1.165, 1.54) is 21.3 Å². The Labute approximate surface area is 188 Å². The molecule has 0 amide bonds. The number of aromatic nitrogens is 5. The first kappa shape index (κ1) is 19.2. The molecule has 1 aromatic carbocycles. The van der Waals surface area contributed by atoms with Crippen molar-refractivity contribution in [1.29, 1.82) is 0 Å². The van der Waals surface area contributed by atoms with Gasteiger partial charge in [-0.2, -0.15) is 9.61 Å². The van der Waals surface area contributed by atoms with Crippen molar-refractivity contribution < 1.29 is 4.74 Å². The van der Waals surface area contributed by atoms with Crippen LogP contribution in [0.3, 0.4) is 0 Å². The molecule has 1 aliphatic rings. The summed E-state index contributed by atoms with van der Waals surface area (Å²) in [5.74, 6) is 1.19. The fourth-order valence-corrected chi connectivity index (χ4v) is 6.08. The number of nitrogens with zero attached hydrogens (tertiary/aromatic N) is 5. The Hall–Kier alpha value is -3.52. The molecule has 4 heterocycles. The quantitative estimate of drug-likeness (QED) is 0.422. The van der Waals surface area contributed by atoms with Crippen LogP contribution in [0.25, 0.3) is 15.9 Å². The zero-order chi connectivity index (χ0) is 21.7. The van der Waals surface area contributed by atoms with Crippen molar-refractivity contribution in [3.63, 3.8) is 0 Å². The predicted octanol–water partition coefficient (Wildman–Crippen LogP) is 3.83. The maximum atomic E-state index is 13.3. The lowest BCUT2D eigenvalue weighted by molar-refractivity contribution is 0.414. The number of benzene rings is 1. The van der Waals surface area contributed by atoms with Crippen LogP contribution < -0.4 is 10.4 Å². The third kappa shape index (κ3) is 3.02. The van der Waals surface area contributed by atoms with E-state index in [-0.39, 0.29) is 5.69 Å². The van der Waals surface area contributed by atoms with Crippen LogP contribution in [0.1, 0.15) is 34.0 Å². The van der Waals surface area contributed by atoms with E-state index in [2.05, 4.69) is 27.2 Å². The van der Waals surface area contributed by atoms with E-state index in [9.17, 15) is 4.79 Å². The third-order valence-electron chi connectivity index (χ3n) is 6.28. The molecule has 0 saturated heterocycles. The fraction of sp³-hybridized carbons (Fsp3) is 0.250. The van der Waals surface area contributed by atoms with Gasteiger partial charge in [0.25, 0.3) is 0 Å². The largest absolute Gasteiger partial charge is 0.497 e. The molecule has 0 fully saturated rings. The van der Waals surface area contributed by atoms with Gasteiger partial charge in [-0.1, -0.05) is 18.2 Å². The highest BCUT2D eigenvalue weighted by Gasteiger charge is 2.28. The van der Waals surface area contributed by atoms with Gasteiger partial charge in [-0.05, 0) is 54.7 Å². The van der Waals surface area contributed by atoms with Crippen molar-refractivity contribution >= 4 is 27.2 Å². The molecule has 0 saturated carbocycles. The average Bonchev–Trinajstić information content (AvgIpc) is 3.47. The number of methoxy groups -OCH3 is 1. The summed E-state index contributed by atoms with van der Waals surface area (Å²) in [5, 5.41) is 5.30. The number of rotatable bonds is 4. The van der Waals surface area contributed by atoms with E-state index in [1.807, 2.05) is 41.1 Å². The van der Waals surface area contributed by atoms with Gasteiger partial charge in [-0.25, -0.2) is 9.78 Å². The minimum absolute atomic E-state index is 0.166. The van der Waals surface area contributed by atoms with E-state index in [4.69, 9.17) is 4.74 Å². The van der Waals surface area contributed by atoms with Gasteiger partial charge < -0.3 is 4.74 Å². The van der Waals surface area contributed by atoms with Crippen LogP contribution in [0.4, 0.5) is 0 Å². The van der Waals surface area contributed by atoms with Gasteiger partial charge in [0, 0.05) is 22.7 Å². The fourth-order valence-electron chi connectivity index (χ4n) is 4.67. The first-order valence-electron chi connectivity index (χ1n) is 10.6. The molecule has 7 nitrogen and oxygen atoms in total. The van der Waals surface area contributed by atoms with Gasteiger partial charge in [0.1, 0.15) is 16.9 Å². The minimum atomic E-state index is -0.166. The van der Waals surface area contributed by atoms with E-state index in [1.54, 1.807) is 18.4 Å². The van der Waals surface area contributed by atoms with Crippen molar-refractivity contribution in [2.75, 3.05) is 7.11 Å². The van der Waals surface area contributed by atoms with E-state index < -0.39 is 0 Å². The Morgan fingerprint density at radius 3 is 2.81 bits per heavy atom. The van der Waals surface area contributed by atoms with Gasteiger partial charge in [-0.15, -0.1) is 11.3 Å². The Morgan fingerprint density at radius 1 is 1.16 bits per heavy atom. The number of aryl methyl sites for hydroxylation is 1. The zero-order valence-corrected chi connectivity index (χ0v) is 18.4. The van der Waals surface area contributed by atoms with Crippen LogP contribution in [-0.2, 0) is 19.4 Å². The summed E-state index contributed by atoms with van der Waals surface area (Å²) in [7, 11) is 1.65. The maximum Gasteiger partial charge on any atom is 0.352 e. The summed E-state index contributed by atoms with van der Waals surface area (Å²) in [6.45, 7) is 0.470. The maximum absolute atomic E-state index is 13.3. The second-order valence-electron chi connectivity index (χ2n) is 8.09. The summed E-state index contributed by atoms with van der Waals surface area (Å²) in [6.07, 6.45) is 6.25. The summed E-state index contributed by atoms with van der Waals surface area (Å²) < 4.78 is 8.53. The van der Waals surface area contributed by atoms with Crippen LogP contribution >= 0.6 is 11.3 Å². The average molecular weight is 444 g/mol. The molecule has 0 spiro atoms. The van der Waals surface area contributed by atoms with Crippen LogP contribution in [0.2, 0.25) is 0 Å². The Bertz CT molecular complexity index is 1480. The molecular formula is C24H21N5O2S. The highest BCUT2D eigenvalue weighted by molar-refractivity contribution is 7.19. The standard InChI is InChI=1S/C24H21N5O2S/c1-31-17-8-5-15(6-9-17)13-28-23-21(22-26-14-27-29(22)24(28)30)18-10-7-16(12-20(18)32-23)19-4-2-3-11-25-19/h2-6,8-9,11,14,16H,7,10,12-13H2,1H3. The predicted molar refractivity (Wildman–Crippen MR) is 124 cm³/mol. The topological polar surface area (TPSA) is 74.3 Å². The van der Waals surface area contributed by atoms with Crippen molar-refractivity contribution in [2.24, 2.45) is 0 Å². The molecule has 4 aromatic heterocycles. The van der Waals surface area contributed by atoms with Crippen molar-refractivity contribution in [2.45, 2.75) is 31.7 Å². The highest BCUT2D eigenvalue weighted by Crippen LogP contribution is 2.41. The van der Waals surface area contributed by atoms with Gasteiger partial charge >= 0.3 is 5.69 Å². The minimum Gasteiger partial charge on any atom is -0.497 e. The first-order chi connectivity index (χ1) is 15.7. The number of hydrogen-bond donors (Lipinski definition) is 0. The number of hydrogen-bond acceptors (Lipinski definition) is 6. The Kier molecular flexibility index (Phi) is 4.53. The second kappa shape index (κ2) is 7.56. The first-order valence-corrected chi connectivity index (χ1v) is 11.4. The molecule has 8 heteroatoms. The molecule has 0 aliphatic heterocycles. The molecule has 1 aliphatic carbocycles. The molecule has 1 atom stereocenters. The van der Waals surface area contributed by atoms with Crippen LogP contribution in [0.15, 0.2) is 59.8 Å². The SMILES string of the molecule is COc1ccc(Cn2c(=O)n3ncnc3c3c4c(sc32)CC(c2ccccn2)CC4)cc1. The summed E-state index contributed by atoms with van der Waals surface area (Å²) in [5.41, 5.74) is 3.97. The highest BCUT2D eigenvalue weighted by atomic mass is 32.1. The number of ether oxygens (including phenoxy) is 1. The molecule has 0 radical (unpaired) electrons. The molecule has 1 unspecified atom stereocenters. The smallest absolute Gasteiger partial charge is 0.352 e. The molecule has 0 bridgehead atoms. The molecule has 160 valence electrons. The number of thiophene rings is 1. The molecule has 5 aromatic rings. The van der Waals surface area contributed by atoms with Crippen molar-refractivity contribution in [1.82, 2.24) is 24.1 Å². The zero-order valence-electron chi connectivity index (χ0n) is 17.6. The summed E-state index contributed by atoms with van der Waals surface area (Å²) in [4.78, 5) is 24.7.